The number of fused-ring (bicyclic) bond motifs is 1. The lowest BCUT2D eigenvalue weighted by Crippen LogP contribution is -2.28. The number of hydrogen-bond donors (Lipinski definition) is 2. The molecule has 0 spiro atoms. The molecule has 1 aliphatic heterocycles. The molecule has 0 bridgehead atoms. The average molecular weight is 351 g/mol. The quantitative estimate of drug-likeness (QED) is 0.816. The van der Waals surface area contributed by atoms with E-state index in [1.807, 2.05) is 0 Å². The van der Waals surface area contributed by atoms with E-state index in [2.05, 4.69) is 10.4 Å². The van der Waals surface area contributed by atoms with E-state index in [4.69, 9.17) is 0 Å². The molecule has 2 aliphatic rings. The maximum atomic E-state index is 14.2. The molecule has 1 aromatic heterocycles. The second kappa shape index (κ2) is 5.79. The second-order valence-corrected chi connectivity index (χ2v) is 6.58. The molecule has 132 valence electrons. The summed E-state index contributed by atoms with van der Waals surface area (Å²) in [5, 5.41) is 5.39. The van der Waals surface area contributed by atoms with Crippen LogP contribution in [0.15, 0.2) is 16.9 Å². The van der Waals surface area contributed by atoms with Gasteiger partial charge in [0.15, 0.2) is 17.5 Å². The fraction of sp³-hybridized carbons (Fsp3) is 0.412. The van der Waals surface area contributed by atoms with Crippen LogP contribution in [-0.2, 0) is 4.79 Å². The van der Waals surface area contributed by atoms with Gasteiger partial charge in [0.25, 0.3) is 5.56 Å². The van der Waals surface area contributed by atoms with Crippen molar-refractivity contribution in [3.8, 4) is 0 Å². The maximum Gasteiger partial charge on any atom is 0.270 e. The maximum absolute atomic E-state index is 14.2. The lowest BCUT2D eigenvalue weighted by Gasteiger charge is -2.25. The van der Waals surface area contributed by atoms with E-state index in [1.165, 1.54) is 0 Å². The number of carbonyl (C=O) groups is 1. The van der Waals surface area contributed by atoms with Gasteiger partial charge >= 0.3 is 0 Å². The third-order valence-corrected chi connectivity index (χ3v) is 5.09. The smallest absolute Gasteiger partial charge is 0.270 e. The first-order valence-corrected chi connectivity index (χ1v) is 8.25. The molecule has 1 aliphatic carbocycles. The molecule has 1 atom stereocenters. The van der Waals surface area contributed by atoms with E-state index in [1.54, 1.807) is 4.68 Å². The summed E-state index contributed by atoms with van der Waals surface area (Å²) in [5.74, 6) is -5.31. The van der Waals surface area contributed by atoms with Gasteiger partial charge in [-0.1, -0.05) is 18.9 Å². The minimum Gasteiger partial charge on any atom is -0.311 e. The van der Waals surface area contributed by atoms with Crippen LogP contribution in [0.2, 0.25) is 0 Å². The van der Waals surface area contributed by atoms with E-state index in [-0.39, 0.29) is 23.6 Å². The molecule has 4 rings (SSSR count). The van der Waals surface area contributed by atoms with E-state index in [9.17, 15) is 22.8 Å². The predicted octanol–water partition coefficient (Wildman–Crippen LogP) is 3.18. The number of anilines is 1. The van der Waals surface area contributed by atoms with Crippen LogP contribution in [0.3, 0.4) is 0 Å². The number of benzene rings is 1. The van der Waals surface area contributed by atoms with Gasteiger partial charge in [0.05, 0.1) is 11.6 Å². The van der Waals surface area contributed by atoms with Crippen LogP contribution in [0, 0.1) is 17.5 Å². The summed E-state index contributed by atoms with van der Waals surface area (Å²) in [6.07, 6.45) is 3.59. The number of hydrogen-bond acceptors (Lipinski definition) is 2. The summed E-state index contributed by atoms with van der Waals surface area (Å²) in [5.41, 5.74) is -0.447. The Morgan fingerprint density at radius 1 is 1.04 bits per heavy atom. The van der Waals surface area contributed by atoms with Crippen LogP contribution < -0.4 is 10.9 Å². The Bertz CT molecular complexity index is 913. The van der Waals surface area contributed by atoms with Crippen LogP contribution in [0.5, 0.6) is 0 Å². The molecule has 0 radical (unpaired) electrons. The molecule has 1 aromatic carbocycles. The Labute approximate surface area is 140 Å². The van der Waals surface area contributed by atoms with E-state index < -0.39 is 34.8 Å². The molecular formula is C17H16F3N3O2. The van der Waals surface area contributed by atoms with Crippen LogP contribution >= 0.6 is 0 Å². The molecule has 1 saturated carbocycles. The molecule has 1 amide bonds. The number of amides is 1. The summed E-state index contributed by atoms with van der Waals surface area (Å²) < 4.78 is 42.7. The lowest BCUT2D eigenvalue weighted by molar-refractivity contribution is -0.116. The lowest BCUT2D eigenvalue weighted by atomic mass is 9.86. The number of carbonyl (C=O) groups excluding carboxylic acids is 1. The fourth-order valence-electron chi connectivity index (χ4n) is 3.90. The number of aromatic nitrogens is 2. The van der Waals surface area contributed by atoms with Gasteiger partial charge in [-0.3, -0.25) is 19.4 Å². The molecule has 0 saturated heterocycles. The zero-order valence-corrected chi connectivity index (χ0v) is 13.2. The van der Waals surface area contributed by atoms with Gasteiger partial charge < -0.3 is 5.32 Å². The average Bonchev–Trinajstić information content (AvgIpc) is 3.20. The molecule has 1 fully saturated rings. The number of nitrogens with one attached hydrogen (secondary N) is 2. The molecule has 2 N–H and O–H groups in total. The Kier molecular flexibility index (Phi) is 3.70. The summed E-state index contributed by atoms with van der Waals surface area (Å²) >= 11 is 0. The largest absolute Gasteiger partial charge is 0.311 e. The van der Waals surface area contributed by atoms with Crippen LogP contribution in [0.4, 0.5) is 19.0 Å². The minimum atomic E-state index is -1.60. The number of rotatable bonds is 2. The monoisotopic (exact) mass is 351 g/mol. The molecular weight excluding hydrogens is 335 g/mol. The van der Waals surface area contributed by atoms with E-state index in [0.29, 0.717) is 5.82 Å². The summed E-state index contributed by atoms with van der Waals surface area (Å²) in [7, 11) is 0. The van der Waals surface area contributed by atoms with Crippen molar-refractivity contribution in [3.05, 3.63) is 51.1 Å². The SMILES string of the molecule is O=C1CC(c2ccc(F)c(F)c2F)c2c(n(C3CCCC3)[nH]c2=O)N1. The highest BCUT2D eigenvalue weighted by Gasteiger charge is 2.36. The van der Waals surface area contributed by atoms with Crippen molar-refractivity contribution in [2.24, 2.45) is 0 Å². The first kappa shape index (κ1) is 16.0. The van der Waals surface area contributed by atoms with Gasteiger partial charge in [-0.15, -0.1) is 0 Å². The van der Waals surface area contributed by atoms with Crippen molar-refractivity contribution in [1.82, 2.24) is 9.78 Å². The number of aromatic amines is 1. The Balaban J connectivity index is 1.87. The van der Waals surface area contributed by atoms with Gasteiger partial charge in [0.2, 0.25) is 5.91 Å². The van der Waals surface area contributed by atoms with Crippen molar-refractivity contribution in [1.29, 1.82) is 0 Å². The van der Waals surface area contributed by atoms with E-state index in [0.717, 1.165) is 37.8 Å². The number of H-pyrrole nitrogens is 1. The third kappa shape index (κ3) is 2.47. The summed E-state index contributed by atoms with van der Waals surface area (Å²) in [6, 6.07) is 1.96. The van der Waals surface area contributed by atoms with Gasteiger partial charge in [-0.05, 0) is 24.5 Å². The van der Waals surface area contributed by atoms with Gasteiger partial charge in [-0.25, -0.2) is 13.2 Å². The minimum absolute atomic E-state index is 0.0605. The highest BCUT2D eigenvalue weighted by molar-refractivity contribution is 5.94. The molecule has 1 unspecified atom stereocenters. The van der Waals surface area contributed by atoms with Gasteiger partial charge in [-0.2, -0.15) is 0 Å². The Morgan fingerprint density at radius 2 is 1.76 bits per heavy atom. The third-order valence-electron chi connectivity index (χ3n) is 5.09. The van der Waals surface area contributed by atoms with Gasteiger partial charge in [0, 0.05) is 12.3 Å². The van der Waals surface area contributed by atoms with Crippen molar-refractivity contribution >= 4 is 11.7 Å². The summed E-state index contributed by atoms with van der Waals surface area (Å²) in [6.45, 7) is 0. The first-order valence-electron chi connectivity index (χ1n) is 8.25. The second-order valence-electron chi connectivity index (χ2n) is 6.58. The summed E-state index contributed by atoms with van der Waals surface area (Å²) in [4.78, 5) is 24.6. The highest BCUT2D eigenvalue weighted by atomic mass is 19.2. The van der Waals surface area contributed by atoms with Crippen molar-refractivity contribution in [3.63, 3.8) is 0 Å². The normalized spacial score (nSPS) is 20.6. The molecule has 2 aromatic rings. The molecule has 5 nitrogen and oxygen atoms in total. The van der Waals surface area contributed by atoms with Crippen molar-refractivity contribution in [2.75, 3.05) is 5.32 Å². The number of nitrogens with zero attached hydrogens (tertiary/aromatic N) is 1. The Morgan fingerprint density at radius 3 is 2.48 bits per heavy atom. The zero-order valence-electron chi connectivity index (χ0n) is 13.2. The zero-order chi connectivity index (χ0) is 17.7. The topological polar surface area (TPSA) is 66.9 Å². The number of halogens is 3. The highest BCUT2D eigenvalue weighted by Crippen LogP contribution is 2.40. The standard InChI is InChI=1S/C17H16F3N3O2/c18-11-6-5-9(14(19)15(11)20)10-7-12(24)21-16-13(10)17(25)22-23(16)8-3-1-2-4-8/h5-6,8,10H,1-4,7H2,(H,21,24)(H,22,25). The molecule has 8 heteroatoms. The molecule has 2 heterocycles. The fourth-order valence-corrected chi connectivity index (χ4v) is 3.90. The van der Waals surface area contributed by atoms with Crippen molar-refractivity contribution < 1.29 is 18.0 Å². The van der Waals surface area contributed by atoms with Crippen LogP contribution in [0.1, 0.15) is 55.2 Å². The van der Waals surface area contributed by atoms with Crippen molar-refractivity contribution in [2.45, 2.75) is 44.1 Å². The predicted molar refractivity (Wildman–Crippen MR) is 84.0 cm³/mol. The van der Waals surface area contributed by atoms with Gasteiger partial charge in [0.1, 0.15) is 5.82 Å². The first-order chi connectivity index (χ1) is 12.0. The van der Waals surface area contributed by atoms with Crippen LogP contribution in [0.25, 0.3) is 0 Å². The Hall–Kier alpha value is -2.51. The molecule has 25 heavy (non-hydrogen) atoms. The van der Waals surface area contributed by atoms with E-state index >= 15 is 0 Å². The van der Waals surface area contributed by atoms with Crippen LogP contribution in [-0.4, -0.2) is 15.7 Å².